The molecule has 0 aliphatic carbocycles. The van der Waals surface area contributed by atoms with Gasteiger partial charge in [-0.15, -0.1) is 0 Å². The molecule has 0 aromatic heterocycles. The van der Waals surface area contributed by atoms with Gasteiger partial charge >= 0.3 is 0 Å². The summed E-state index contributed by atoms with van der Waals surface area (Å²) in [4.78, 5) is 0. The maximum absolute atomic E-state index is 5.88. The molecule has 2 aliphatic rings. The van der Waals surface area contributed by atoms with Crippen molar-refractivity contribution in [1.82, 2.24) is 0 Å². The molecule has 2 heteroatoms. The van der Waals surface area contributed by atoms with Gasteiger partial charge < -0.3 is 9.47 Å². The van der Waals surface area contributed by atoms with Crippen molar-refractivity contribution in [2.75, 3.05) is 0 Å². The van der Waals surface area contributed by atoms with Gasteiger partial charge in [0, 0.05) is 12.8 Å². The Hall–Kier alpha value is -0.0800. The number of hydrogen-bond donors (Lipinski definition) is 0. The zero-order valence-corrected chi connectivity index (χ0v) is 8.01. The first-order valence-corrected chi connectivity index (χ1v) is 5.06. The first-order chi connectivity index (χ1) is 5.70. The summed E-state index contributed by atoms with van der Waals surface area (Å²) in [6.07, 6.45) is 6.60. The molecule has 0 amide bonds. The summed E-state index contributed by atoms with van der Waals surface area (Å²) < 4.78 is 11.7. The van der Waals surface area contributed by atoms with E-state index in [2.05, 4.69) is 13.8 Å². The third-order valence-electron chi connectivity index (χ3n) is 2.93. The van der Waals surface area contributed by atoms with E-state index in [0.29, 0.717) is 12.2 Å². The molecule has 2 nitrogen and oxygen atoms in total. The number of hydrogen-bond acceptors (Lipinski definition) is 2. The van der Waals surface area contributed by atoms with Crippen LogP contribution in [-0.4, -0.2) is 18.0 Å². The van der Waals surface area contributed by atoms with Crippen LogP contribution in [0.2, 0.25) is 0 Å². The zero-order chi connectivity index (χ0) is 8.60. The highest BCUT2D eigenvalue weighted by molar-refractivity contribution is 4.83. The van der Waals surface area contributed by atoms with E-state index >= 15 is 0 Å². The Labute approximate surface area is 74.2 Å². The van der Waals surface area contributed by atoms with E-state index in [0.717, 1.165) is 19.3 Å². The average Bonchev–Trinajstić information content (AvgIpc) is 2.32. The Balaban J connectivity index is 2.00. The minimum absolute atomic E-state index is 0.183. The molecule has 2 rings (SSSR count). The molecule has 3 atom stereocenters. The van der Waals surface area contributed by atoms with Crippen LogP contribution in [0.4, 0.5) is 0 Å². The molecule has 0 saturated carbocycles. The second-order valence-electron chi connectivity index (χ2n) is 4.20. The Bertz CT molecular complexity index is 165. The third-order valence-corrected chi connectivity index (χ3v) is 2.93. The lowest BCUT2D eigenvalue weighted by Gasteiger charge is -2.36. The fourth-order valence-corrected chi connectivity index (χ4v) is 2.32. The van der Waals surface area contributed by atoms with E-state index in [-0.39, 0.29) is 5.79 Å². The third kappa shape index (κ3) is 1.50. The Kier molecular flexibility index (Phi) is 2.13. The van der Waals surface area contributed by atoms with Crippen LogP contribution in [0.25, 0.3) is 0 Å². The molecule has 12 heavy (non-hydrogen) atoms. The average molecular weight is 170 g/mol. The highest BCUT2D eigenvalue weighted by Crippen LogP contribution is 2.40. The fraction of sp³-hybridized carbons (Fsp3) is 1.00. The summed E-state index contributed by atoms with van der Waals surface area (Å²) in [6, 6.07) is 0. The predicted octanol–water partition coefficient (Wildman–Crippen LogP) is 2.47. The predicted molar refractivity (Wildman–Crippen MR) is 46.9 cm³/mol. The van der Waals surface area contributed by atoms with Crippen molar-refractivity contribution in [1.29, 1.82) is 0 Å². The van der Waals surface area contributed by atoms with E-state index in [1.807, 2.05) is 0 Å². The lowest BCUT2D eigenvalue weighted by Crippen LogP contribution is -2.39. The van der Waals surface area contributed by atoms with Gasteiger partial charge in [-0.1, -0.05) is 0 Å². The Morgan fingerprint density at radius 1 is 1.00 bits per heavy atom. The number of rotatable bonds is 0. The SMILES string of the molecule is CC1CC[C@]2(CCC[C@@H](C)O2)O1. The van der Waals surface area contributed by atoms with Crippen molar-refractivity contribution >= 4 is 0 Å². The summed E-state index contributed by atoms with van der Waals surface area (Å²) in [5, 5.41) is 0. The molecular weight excluding hydrogens is 152 g/mol. The van der Waals surface area contributed by atoms with E-state index in [9.17, 15) is 0 Å². The van der Waals surface area contributed by atoms with Crippen LogP contribution in [0.1, 0.15) is 46.0 Å². The van der Waals surface area contributed by atoms with Crippen LogP contribution in [0.15, 0.2) is 0 Å². The monoisotopic (exact) mass is 170 g/mol. The standard InChI is InChI=1S/C10H18O2/c1-8-4-3-6-10(11-8)7-5-9(2)12-10/h8-9H,3-7H2,1-2H3/t8-,9?,10+/m1/s1. The van der Waals surface area contributed by atoms with Gasteiger partial charge in [0.1, 0.15) is 0 Å². The quantitative estimate of drug-likeness (QED) is 0.556. The normalized spacial score (nSPS) is 48.5. The lowest BCUT2D eigenvalue weighted by molar-refractivity contribution is -0.264. The molecule has 0 bridgehead atoms. The molecular formula is C10H18O2. The van der Waals surface area contributed by atoms with E-state index in [1.54, 1.807) is 0 Å². The van der Waals surface area contributed by atoms with Crippen LogP contribution in [-0.2, 0) is 9.47 Å². The van der Waals surface area contributed by atoms with E-state index in [4.69, 9.17) is 9.47 Å². The molecule has 2 heterocycles. The largest absolute Gasteiger partial charge is 0.347 e. The fourth-order valence-electron chi connectivity index (χ4n) is 2.32. The molecule has 2 fully saturated rings. The molecule has 2 saturated heterocycles. The second-order valence-corrected chi connectivity index (χ2v) is 4.20. The maximum atomic E-state index is 5.88. The summed E-state index contributed by atoms with van der Waals surface area (Å²) in [5.74, 6) is -0.183. The van der Waals surface area contributed by atoms with Crippen molar-refractivity contribution in [2.24, 2.45) is 0 Å². The summed E-state index contributed by atoms with van der Waals surface area (Å²) >= 11 is 0. The summed E-state index contributed by atoms with van der Waals surface area (Å²) in [6.45, 7) is 4.28. The van der Waals surface area contributed by atoms with Crippen LogP contribution in [0, 0.1) is 0 Å². The topological polar surface area (TPSA) is 18.5 Å². The van der Waals surface area contributed by atoms with Crippen molar-refractivity contribution in [3.8, 4) is 0 Å². The maximum Gasteiger partial charge on any atom is 0.169 e. The zero-order valence-electron chi connectivity index (χ0n) is 8.01. The summed E-state index contributed by atoms with van der Waals surface area (Å²) in [5.41, 5.74) is 0. The van der Waals surface area contributed by atoms with Gasteiger partial charge in [-0.3, -0.25) is 0 Å². The Morgan fingerprint density at radius 2 is 1.67 bits per heavy atom. The minimum atomic E-state index is -0.183. The van der Waals surface area contributed by atoms with Crippen molar-refractivity contribution in [3.05, 3.63) is 0 Å². The molecule has 0 aromatic rings. The first kappa shape index (κ1) is 8.52. The molecule has 0 N–H and O–H groups in total. The van der Waals surface area contributed by atoms with E-state index < -0.39 is 0 Å². The van der Waals surface area contributed by atoms with Gasteiger partial charge in [-0.25, -0.2) is 0 Å². The molecule has 0 radical (unpaired) electrons. The first-order valence-electron chi connectivity index (χ1n) is 5.06. The van der Waals surface area contributed by atoms with Crippen molar-refractivity contribution in [2.45, 2.75) is 63.9 Å². The van der Waals surface area contributed by atoms with E-state index in [1.165, 1.54) is 12.8 Å². The molecule has 2 aliphatic heterocycles. The second kappa shape index (κ2) is 3.00. The van der Waals surface area contributed by atoms with Gasteiger partial charge in [-0.2, -0.15) is 0 Å². The molecule has 1 unspecified atom stereocenters. The van der Waals surface area contributed by atoms with Crippen LogP contribution in [0.3, 0.4) is 0 Å². The smallest absolute Gasteiger partial charge is 0.169 e. The molecule has 0 aromatic carbocycles. The van der Waals surface area contributed by atoms with Crippen LogP contribution >= 0.6 is 0 Å². The van der Waals surface area contributed by atoms with Gasteiger partial charge in [0.2, 0.25) is 0 Å². The summed E-state index contributed by atoms with van der Waals surface area (Å²) in [7, 11) is 0. The highest BCUT2D eigenvalue weighted by atomic mass is 16.7. The lowest BCUT2D eigenvalue weighted by atomic mass is 9.99. The van der Waals surface area contributed by atoms with Gasteiger partial charge in [0.05, 0.1) is 12.2 Å². The van der Waals surface area contributed by atoms with Gasteiger partial charge in [-0.05, 0) is 33.1 Å². The minimum Gasteiger partial charge on any atom is -0.347 e. The van der Waals surface area contributed by atoms with Gasteiger partial charge in [0.25, 0.3) is 0 Å². The highest BCUT2D eigenvalue weighted by Gasteiger charge is 2.42. The Morgan fingerprint density at radius 3 is 2.25 bits per heavy atom. The number of ether oxygens (including phenoxy) is 2. The van der Waals surface area contributed by atoms with Crippen molar-refractivity contribution in [3.63, 3.8) is 0 Å². The van der Waals surface area contributed by atoms with Crippen molar-refractivity contribution < 1.29 is 9.47 Å². The van der Waals surface area contributed by atoms with Gasteiger partial charge in [0.15, 0.2) is 5.79 Å². The van der Waals surface area contributed by atoms with Crippen LogP contribution in [0.5, 0.6) is 0 Å². The molecule has 1 spiro atoms. The molecule has 70 valence electrons. The van der Waals surface area contributed by atoms with Crippen LogP contribution < -0.4 is 0 Å².